The van der Waals surface area contributed by atoms with E-state index in [1.807, 2.05) is 0 Å². The molecule has 0 aliphatic carbocycles. The van der Waals surface area contributed by atoms with Crippen molar-refractivity contribution < 1.29 is 4.92 Å². The first-order valence-corrected chi connectivity index (χ1v) is 3.52. The molecule has 0 saturated carbocycles. The van der Waals surface area contributed by atoms with Gasteiger partial charge < -0.3 is 5.73 Å². The van der Waals surface area contributed by atoms with Gasteiger partial charge in [-0.05, 0) is 0 Å². The number of nitrogens with zero attached hydrogens (tertiary/aromatic N) is 2. The molecular formula is C6H6ClN3O2. The van der Waals surface area contributed by atoms with Gasteiger partial charge in [-0.25, -0.2) is 4.98 Å². The van der Waals surface area contributed by atoms with E-state index in [0.29, 0.717) is 5.69 Å². The molecule has 1 heterocycles. The number of hydrogen-bond acceptors (Lipinski definition) is 4. The Bertz CT molecular complexity index is 316. The Morgan fingerprint density at radius 3 is 2.83 bits per heavy atom. The smallest absolute Gasteiger partial charge is 0.274 e. The van der Waals surface area contributed by atoms with Gasteiger partial charge in [0.15, 0.2) is 0 Å². The molecule has 12 heavy (non-hydrogen) atoms. The molecule has 0 spiro atoms. The van der Waals surface area contributed by atoms with Crippen LogP contribution in [-0.2, 0) is 6.54 Å². The Hall–Kier alpha value is -1.20. The van der Waals surface area contributed by atoms with E-state index in [0.717, 1.165) is 0 Å². The van der Waals surface area contributed by atoms with Crippen LogP contribution >= 0.6 is 11.6 Å². The summed E-state index contributed by atoms with van der Waals surface area (Å²) in [5.41, 5.74) is 5.57. The van der Waals surface area contributed by atoms with Crippen LogP contribution in [0.1, 0.15) is 5.69 Å². The van der Waals surface area contributed by atoms with Crippen LogP contribution in [0.15, 0.2) is 12.1 Å². The average molecular weight is 188 g/mol. The van der Waals surface area contributed by atoms with Gasteiger partial charge in [0.2, 0.25) is 0 Å². The lowest BCUT2D eigenvalue weighted by atomic mass is 10.3. The van der Waals surface area contributed by atoms with Crippen molar-refractivity contribution in [2.75, 3.05) is 0 Å². The van der Waals surface area contributed by atoms with Crippen LogP contribution in [0.4, 0.5) is 5.69 Å². The second-order valence-electron chi connectivity index (χ2n) is 2.10. The van der Waals surface area contributed by atoms with Crippen molar-refractivity contribution in [2.45, 2.75) is 6.54 Å². The summed E-state index contributed by atoms with van der Waals surface area (Å²) in [6.07, 6.45) is 0. The van der Waals surface area contributed by atoms with Crippen LogP contribution in [0, 0.1) is 10.1 Å². The standard InChI is InChI=1S/C6H6ClN3O2/c7-6-2-5(10(11)12)1-4(3-8)9-6/h1-2H,3,8H2. The van der Waals surface area contributed by atoms with Gasteiger partial charge in [0.1, 0.15) is 5.15 Å². The Kier molecular flexibility index (Phi) is 2.57. The second-order valence-corrected chi connectivity index (χ2v) is 2.49. The van der Waals surface area contributed by atoms with E-state index in [9.17, 15) is 10.1 Å². The molecule has 0 unspecified atom stereocenters. The van der Waals surface area contributed by atoms with Gasteiger partial charge in [-0.1, -0.05) is 11.6 Å². The van der Waals surface area contributed by atoms with Crippen molar-refractivity contribution in [3.63, 3.8) is 0 Å². The van der Waals surface area contributed by atoms with Gasteiger partial charge in [-0.3, -0.25) is 10.1 Å². The molecule has 0 amide bonds. The van der Waals surface area contributed by atoms with Gasteiger partial charge in [0, 0.05) is 12.6 Å². The monoisotopic (exact) mass is 187 g/mol. The molecule has 1 aromatic heterocycles. The SMILES string of the molecule is NCc1cc([N+](=O)[O-])cc(Cl)n1. The molecule has 5 nitrogen and oxygen atoms in total. The summed E-state index contributed by atoms with van der Waals surface area (Å²) in [6, 6.07) is 2.48. The van der Waals surface area contributed by atoms with Crippen LogP contribution in [0.25, 0.3) is 0 Å². The highest BCUT2D eigenvalue weighted by molar-refractivity contribution is 6.29. The highest BCUT2D eigenvalue weighted by Gasteiger charge is 2.08. The Labute approximate surface area is 73.3 Å². The number of halogens is 1. The summed E-state index contributed by atoms with van der Waals surface area (Å²) in [5.74, 6) is 0. The highest BCUT2D eigenvalue weighted by Crippen LogP contribution is 2.16. The maximum atomic E-state index is 10.3. The zero-order chi connectivity index (χ0) is 9.14. The first-order chi connectivity index (χ1) is 5.63. The van der Waals surface area contributed by atoms with Crippen LogP contribution in [0.2, 0.25) is 5.15 Å². The molecule has 0 saturated heterocycles. The topological polar surface area (TPSA) is 82.0 Å². The van der Waals surface area contributed by atoms with E-state index in [2.05, 4.69) is 4.98 Å². The molecule has 1 rings (SSSR count). The molecule has 0 atom stereocenters. The normalized spacial score (nSPS) is 9.83. The predicted octanol–water partition coefficient (Wildman–Crippen LogP) is 1.10. The summed E-state index contributed by atoms with van der Waals surface area (Å²) < 4.78 is 0. The number of rotatable bonds is 2. The van der Waals surface area contributed by atoms with E-state index < -0.39 is 4.92 Å². The number of nitrogens with two attached hydrogens (primary N) is 1. The minimum absolute atomic E-state index is 0.0875. The Balaban J connectivity index is 3.15. The minimum atomic E-state index is -0.535. The fourth-order valence-electron chi connectivity index (χ4n) is 0.746. The van der Waals surface area contributed by atoms with Crippen molar-refractivity contribution in [3.05, 3.63) is 33.1 Å². The second kappa shape index (κ2) is 3.46. The first kappa shape index (κ1) is 8.89. The maximum absolute atomic E-state index is 10.3. The molecule has 0 bridgehead atoms. The van der Waals surface area contributed by atoms with Crippen molar-refractivity contribution in [2.24, 2.45) is 5.73 Å². The minimum Gasteiger partial charge on any atom is -0.325 e. The van der Waals surface area contributed by atoms with Crippen LogP contribution in [-0.4, -0.2) is 9.91 Å². The van der Waals surface area contributed by atoms with Crippen LogP contribution < -0.4 is 5.73 Å². The van der Waals surface area contributed by atoms with Gasteiger partial charge >= 0.3 is 0 Å². The maximum Gasteiger partial charge on any atom is 0.274 e. The summed E-state index contributed by atoms with van der Waals surface area (Å²) in [6.45, 7) is 0.140. The number of aromatic nitrogens is 1. The fourth-order valence-corrected chi connectivity index (χ4v) is 0.966. The van der Waals surface area contributed by atoms with Gasteiger partial charge in [-0.15, -0.1) is 0 Å². The zero-order valence-corrected chi connectivity index (χ0v) is 6.78. The van der Waals surface area contributed by atoms with Crippen LogP contribution in [0.5, 0.6) is 0 Å². The zero-order valence-electron chi connectivity index (χ0n) is 6.03. The molecule has 0 radical (unpaired) electrons. The van der Waals surface area contributed by atoms with E-state index in [4.69, 9.17) is 17.3 Å². The molecule has 6 heteroatoms. The van der Waals surface area contributed by atoms with Crippen LogP contribution in [0.3, 0.4) is 0 Å². The molecular weight excluding hydrogens is 182 g/mol. The molecule has 0 aromatic carbocycles. The number of nitro groups is 1. The van der Waals surface area contributed by atoms with E-state index >= 15 is 0 Å². The summed E-state index contributed by atoms with van der Waals surface area (Å²) >= 11 is 5.50. The van der Waals surface area contributed by atoms with E-state index in [1.165, 1.54) is 12.1 Å². The third-order valence-electron chi connectivity index (χ3n) is 1.25. The lowest BCUT2D eigenvalue weighted by molar-refractivity contribution is -0.385. The molecule has 0 aliphatic heterocycles. The fraction of sp³-hybridized carbons (Fsp3) is 0.167. The third-order valence-corrected chi connectivity index (χ3v) is 1.45. The number of hydrogen-bond donors (Lipinski definition) is 1. The molecule has 64 valence electrons. The van der Waals surface area contributed by atoms with Crippen molar-refractivity contribution in [3.8, 4) is 0 Å². The molecule has 0 fully saturated rings. The van der Waals surface area contributed by atoms with E-state index in [-0.39, 0.29) is 17.4 Å². The van der Waals surface area contributed by atoms with Gasteiger partial charge in [0.05, 0.1) is 16.7 Å². The molecule has 2 N–H and O–H groups in total. The van der Waals surface area contributed by atoms with Crippen molar-refractivity contribution in [1.82, 2.24) is 4.98 Å². The first-order valence-electron chi connectivity index (χ1n) is 3.14. The third kappa shape index (κ3) is 1.90. The van der Waals surface area contributed by atoms with Crippen molar-refractivity contribution >= 4 is 17.3 Å². The largest absolute Gasteiger partial charge is 0.325 e. The summed E-state index contributed by atoms with van der Waals surface area (Å²) in [7, 11) is 0. The highest BCUT2D eigenvalue weighted by atomic mass is 35.5. The quantitative estimate of drug-likeness (QED) is 0.427. The molecule has 1 aromatic rings. The Morgan fingerprint density at radius 2 is 2.33 bits per heavy atom. The van der Waals surface area contributed by atoms with Crippen molar-refractivity contribution in [1.29, 1.82) is 0 Å². The lowest BCUT2D eigenvalue weighted by Crippen LogP contribution is -2.01. The predicted molar refractivity (Wildman–Crippen MR) is 43.8 cm³/mol. The molecule has 0 aliphatic rings. The number of pyridine rings is 1. The Morgan fingerprint density at radius 1 is 1.67 bits per heavy atom. The van der Waals surface area contributed by atoms with Gasteiger partial charge in [-0.2, -0.15) is 0 Å². The summed E-state index contributed by atoms with van der Waals surface area (Å²) in [4.78, 5) is 13.5. The average Bonchev–Trinajstić information content (AvgIpc) is 2.03. The van der Waals surface area contributed by atoms with Gasteiger partial charge in [0.25, 0.3) is 5.69 Å². The van der Waals surface area contributed by atoms with E-state index in [1.54, 1.807) is 0 Å². The summed E-state index contributed by atoms with van der Waals surface area (Å²) in [5, 5.41) is 10.4. The lowest BCUT2D eigenvalue weighted by Gasteiger charge is -1.96.